The number of aryl methyl sites for hydroxylation is 1. The Hall–Kier alpha value is -2.21. The molecule has 0 saturated heterocycles. The minimum absolute atomic E-state index is 0.0404. The van der Waals surface area contributed by atoms with E-state index >= 15 is 0 Å². The highest BCUT2D eigenvalue weighted by Crippen LogP contribution is 2.18. The molecule has 0 aliphatic rings. The highest BCUT2D eigenvalue weighted by molar-refractivity contribution is 5.90. The van der Waals surface area contributed by atoms with Crippen LogP contribution in [-0.2, 0) is 5.60 Å². The van der Waals surface area contributed by atoms with Gasteiger partial charge < -0.3 is 14.9 Å². The van der Waals surface area contributed by atoms with Crippen molar-refractivity contribution < 1.29 is 14.4 Å². The van der Waals surface area contributed by atoms with Crippen LogP contribution in [0.4, 0.5) is 0 Å². The van der Waals surface area contributed by atoms with E-state index in [0.29, 0.717) is 5.89 Å². The number of hydrogen-bond acceptors (Lipinski definition) is 5. The zero-order valence-electron chi connectivity index (χ0n) is 10.8. The molecule has 0 radical (unpaired) electrons. The fraction of sp³-hybridized carbons (Fsp3) is 0.308. The van der Waals surface area contributed by atoms with Crippen LogP contribution in [0.25, 0.3) is 0 Å². The van der Waals surface area contributed by atoms with Gasteiger partial charge in [0.2, 0.25) is 5.89 Å². The summed E-state index contributed by atoms with van der Waals surface area (Å²) in [5, 5.41) is 16.4. The van der Waals surface area contributed by atoms with E-state index in [2.05, 4.69) is 15.5 Å². The van der Waals surface area contributed by atoms with Crippen LogP contribution in [0.5, 0.6) is 0 Å². The van der Waals surface area contributed by atoms with Gasteiger partial charge in [0.25, 0.3) is 11.7 Å². The summed E-state index contributed by atoms with van der Waals surface area (Å²) in [5.74, 6) is -0.200. The first-order valence-electron chi connectivity index (χ1n) is 5.85. The Morgan fingerprint density at radius 1 is 1.42 bits per heavy atom. The van der Waals surface area contributed by atoms with E-state index in [1.54, 1.807) is 26.0 Å². The SMILES string of the molecule is Cc1nc(C(=O)NCC(C)(O)c2ccccc2)no1. The molecule has 0 fully saturated rings. The van der Waals surface area contributed by atoms with Crippen molar-refractivity contribution in [2.45, 2.75) is 19.4 Å². The summed E-state index contributed by atoms with van der Waals surface area (Å²) >= 11 is 0. The number of rotatable bonds is 4. The maximum atomic E-state index is 11.7. The highest BCUT2D eigenvalue weighted by atomic mass is 16.5. The van der Waals surface area contributed by atoms with Crippen molar-refractivity contribution >= 4 is 5.91 Å². The van der Waals surface area contributed by atoms with Gasteiger partial charge in [0, 0.05) is 6.92 Å². The molecule has 0 bridgehead atoms. The summed E-state index contributed by atoms with van der Waals surface area (Å²) in [4.78, 5) is 15.5. The molecule has 1 atom stereocenters. The molecule has 2 aromatic rings. The van der Waals surface area contributed by atoms with Gasteiger partial charge >= 0.3 is 0 Å². The lowest BCUT2D eigenvalue weighted by Crippen LogP contribution is -2.38. The van der Waals surface area contributed by atoms with Crippen molar-refractivity contribution in [2.24, 2.45) is 0 Å². The molecule has 0 aliphatic carbocycles. The Bertz CT molecular complexity index is 564. The zero-order valence-corrected chi connectivity index (χ0v) is 10.8. The van der Waals surface area contributed by atoms with Crippen molar-refractivity contribution in [3.63, 3.8) is 0 Å². The second-order valence-electron chi connectivity index (χ2n) is 4.46. The number of nitrogens with zero attached hydrogens (tertiary/aromatic N) is 2. The van der Waals surface area contributed by atoms with Gasteiger partial charge in [-0.25, -0.2) is 0 Å². The molecule has 1 unspecified atom stereocenters. The van der Waals surface area contributed by atoms with Gasteiger partial charge in [-0.3, -0.25) is 4.79 Å². The molecule has 19 heavy (non-hydrogen) atoms. The van der Waals surface area contributed by atoms with E-state index in [-0.39, 0.29) is 12.4 Å². The van der Waals surface area contributed by atoms with E-state index in [1.165, 1.54) is 0 Å². The third-order valence-corrected chi connectivity index (χ3v) is 2.72. The molecule has 1 aromatic carbocycles. The first-order chi connectivity index (χ1) is 8.99. The smallest absolute Gasteiger partial charge is 0.292 e. The van der Waals surface area contributed by atoms with Crippen LogP contribution >= 0.6 is 0 Å². The van der Waals surface area contributed by atoms with Crippen molar-refractivity contribution in [1.29, 1.82) is 0 Å². The largest absolute Gasteiger partial charge is 0.384 e. The number of carbonyl (C=O) groups is 1. The summed E-state index contributed by atoms with van der Waals surface area (Å²) < 4.78 is 4.72. The first-order valence-corrected chi connectivity index (χ1v) is 5.85. The number of nitrogens with one attached hydrogen (secondary N) is 1. The van der Waals surface area contributed by atoms with E-state index in [9.17, 15) is 9.90 Å². The Balaban J connectivity index is 2.00. The van der Waals surface area contributed by atoms with Crippen LogP contribution < -0.4 is 5.32 Å². The lowest BCUT2D eigenvalue weighted by Gasteiger charge is -2.23. The van der Waals surface area contributed by atoms with Gasteiger partial charge in [0.05, 0.1) is 6.54 Å². The average molecular weight is 261 g/mol. The number of hydrogen-bond donors (Lipinski definition) is 2. The zero-order chi connectivity index (χ0) is 13.9. The Morgan fingerprint density at radius 3 is 2.68 bits per heavy atom. The van der Waals surface area contributed by atoms with Gasteiger partial charge in [0.15, 0.2) is 0 Å². The number of aromatic nitrogens is 2. The fourth-order valence-corrected chi connectivity index (χ4v) is 1.62. The predicted octanol–water partition coefficient (Wildman–Crippen LogP) is 1.02. The number of amides is 1. The van der Waals surface area contributed by atoms with Crippen molar-refractivity contribution in [3.8, 4) is 0 Å². The maximum absolute atomic E-state index is 11.7. The highest BCUT2D eigenvalue weighted by Gasteiger charge is 2.24. The topological polar surface area (TPSA) is 88.2 Å². The maximum Gasteiger partial charge on any atom is 0.292 e. The number of benzene rings is 1. The molecule has 6 heteroatoms. The third kappa shape index (κ3) is 3.17. The second kappa shape index (κ2) is 5.19. The lowest BCUT2D eigenvalue weighted by atomic mass is 9.96. The molecule has 0 spiro atoms. The lowest BCUT2D eigenvalue weighted by molar-refractivity contribution is 0.0522. The van der Waals surface area contributed by atoms with Crippen LogP contribution in [0.2, 0.25) is 0 Å². The molecule has 2 N–H and O–H groups in total. The Kier molecular flexibility index (Phi) is 3.62. The molecule has 1 heterocycles. The van der Waals surface area contributed by atoms with E-state index in [4.69, 9.17) is 4.52 Å². The minimum atomic E-state index is -1.16. The van der Waals surface area contributed by atoms with Gasteiger partial charge in [-0.05, 0) is 12.5 Å². The Labute approximate surface area is 110 Å². The molecular formula is C13H15N3O3. The summed E-state index contributed by atoms with van der Waals surface area (Å²) in [6, 6.07) is 9.11. The molecule has 2 rings (SSSR count). The van der Waals surface area contributed by atoms with Crippen LogP contribution in [0.15, 0.2) is 34.9 Å². The number of carbonyl (C=O) groups excluding carboxylic acids is 1. The molecule has 0 aliphatic heterocycles. The summed E-state index contributed by atoms with van der Waals surface area (Å²) in [6.07, 6.45) is 0. The summed E-state index contributed by atoms with van der Waals surface area (Å²) in [5.41, 5.74) is -0.435. The number of aliphatic hydroxyl groups is 1. The van der Waals surface area contributed by atoms with Crippen molar-refractivity contribution in [3.05, 3.63) is 47.6 Å². The molecule has 1 amide bonds. The molecule has 0 saturated carbocycles. The molecule has 1 aromatic heterocycles. The van der Waals surface area contributed by atoms with Gasteiger partial charge in [-0.1, -0.05) is 35.5 Å². The molecule has 6 nitrogen and oxygen atoms in total. The van der Waals surface area contributed by atoms with Crippen molar-refractivity contribution in [1.82, 2.24) is 15.5 Å². The fourth-order valence-electron chi connectivity index (χ4n) is 1.62. The monoisotopic (exact) mass is 261 g/mol. The summed E-state index contributed by atoms with van der Waals surface area (Å²) in [6.45, 7) is 3.29. The predicted molar refractivity (Wildman–Crippen MR) is 67.4 cm³/mol. The van der Waals surface area contributed by atoms with E-state index in [1.807, 2.05) is 18.2 Å². The van der Waals surface area contributed by atoms with E-state index < -0.39 is 11.5 Å². The average Bonchev–Trinajstić information content (AvgIpc) is 2.84. The standard InChI is InChI=1S/C13H15N3O3/c1-9-15-11(16-19-9)12(17)14-8-13(2,18)10-6-4-3-5-7-10/h3-7,18H,8H2,1-2H3,(H,14,17). The first kappa shape index (κ1) is 13.2. The summed E-state index contributed by atoms with van der Waals surface area (Å²) in [7, 11) is 0. The molecule has 100 valence electrons. The second-order valence-corrected chi connectivity index (χ2v) is 4.46. The van der Waals surface area contributed by atoms with Gasteiger partial charge in [-0.15, -0.1) is 0 Å². The normalized spacial score (nSPS) is 13.8. The van der Waals surface area contributed by atoms with Crippen LogP contribution in [0, 0.1) is 6.92 Å². The quantitative estimate of drug-likeness (QED) is 0.857. The van der Waals surface area contributed by atoms with Crippen LogP contribution in [-0.4, -0.2) is 27.7 Å². The molecular weight excluding hydrogens is 246 g/mol. The van der Waals surface area contributed by atoms with E-state index in [0.717, 1.165) is 5.56 Å². The van der Waals surface area contributed by atoms with Crippen molar-refractivity contribution in [2.75, 3.05) is 6.54 Å². The minimum Gasteiger partial charge on any atom is -0.384 e. The van der Waals surface area contributed by atoms with Gasteiger partial charge in [0.1, 0.15) is 5.60 Å². The Morgan fingerprint density at radius 2 is 2.11 bits per heavy atom. The van der Waals surface area contributed by atoms with Crippen LogP contribution in [0.3, 0.4) is 0 Å². The van der Waals surface area contributed by atoms with Gasteiger partial charge in [-0.2, -0.15) is 4.98 Å². The third-order valence-electron chi connectivity index (χ3n) is 2.72. The van der Waals surface area contributed by atoms with Crippen LogP contribution in [0.1, 0.15) is 29.0 Å².